The van der Waals surface area contributed by atoms with Crippen molar-refractivity contribution in [2.24, 2.45) is 0 Å². The average Bonchev–Trinajstić information content (AvgIpc) is 3.41. The van der Waals surface area contributed by atoms with Gasteiger partial charge in [-0.25, -0.2) is 4.98 Å². The predicted octanol–water partition coefficient (Wildman–Crippen LogP) is 3.98. The number of anilines is 2. The summed E-state index contributed by atoms with van der Waals surface area (Å²) in [7, 11) is 0. The van der Waals surface area contributed by atoms with Crippen LogP contribution in [0.25, 0.3) is 16.9 Å². The molecule has 0 saturated carbocycles. The maximum absolute atomic E-state index is 5.78. The molecule has 2 fully saturated rings. The highest BCUT2D eigenvalue weighted by molar-refractivity contribution is 5.77. The van der Waals surface area contributed by atoms with Crippen LogP contribution < -0.4 is 10.2 Å². The van der Waals surface area contributed by atoms with Crippen LogP contribution in [0.1, 0.15) is 32.1 Å². The van der Waals surface area contributed by atoms with Crippen LogP contribution >= 0.6 is 0 Å². The molecular formula is C22H27N5O. The Kier molecular flexibility index (Phi) is 4.87. The number of aromatic nitrogens is 3. The molecule has 4 heterocycles. The monoisotopic (exact) mass is 377 g/mol. The fourth-order valence-corrected chi connectivity index (χ4v) is 4.28. The summed E-state index contributed by atoms with van der Waals surface area (Å²) < 4.78 is 7.86. The van der Waals surface area contributed by atoms with E-state index in [1.165, 1.54) is 24.9 Å². The first-order chi connectivity index (χ1) is 13.9. The van der Waals surface area contributed by atoms with Gasteiger partial charge in [0.1, 0.15) is 11.5 Å². The van der Waals surface area contributed by atoms with E-state index in [-0.39, 0.29) is 6.10 Å². The van der Waals surface area contributed by atoms with E-state index in [0.717, 1.165) is 61.8 Å². The van der Waals surface area contributed by atoms with Crippen LogP contribution in [0.5, 0.6) is 0 Å². The molecular weight excluding hydrogens is 350 g/mol. The minimum absolute atomic E-state index is 0.279. The molecule has 2 aliphatic heterocycles. The second kappa shape index (κ2) is 7.80. The third-order valence-electron chi connectivity index (χ3n) is 5.81. The molecule has 0 radical (unpaired) electrons. The number of hydrogen-bond donors (Lipinski definition) is 1. The van der Waals surface area contributed by atoms with Crippen molar-refractivity contribution < 1.29 is 4.74 Å². The summed E-state index contributed by atoms with van der Waals surface area (Å²) in [5.74, 6) is 1.01. The number of benzene rings is 1. The third kappa shape index (κ3) is 3.44. The summed E-state index contributed by atoms with van der Waals surface area (Å²) in [6, 6.07) is 8.84. The summed E-state index contributed by atoms with van der Waals surface area (Å²) in [6.07, 6.45) is 12.0. The second-order valence-corrected chi connectivity index (χ2v) is 7.72. The van der Waals surface area contributed by atoms with Gasteiger partial charge in [0.25, 0.3) is 0 Å². The van der Waals surface area contributed by atoms with Gasteiger partial charge in [-0.15, -0.1) is 0 Å². The van der Waals surface area contributed by atoms with Gasteiger partial charge >= 0.3 is 0 Å². The van der Waals surface area contributed by atoms with Crippen molar-refractivity contribution in [3.63, 3.8) is 0 Å². The molecule has 6 nitrogen and oxygen atoms in total. The first-order valence-electron chi connectivity index (χ1n) is 10.4. The van der Waals surface area contributed by atoms with Gasteiger partial charge in [-0.2, -0.15) is 0 Å². The molecule has 28 heavy (non-hydrogen) atoms. The number of ether oxygens (including phenoxy) is 1. The highest BCUT2D eigenvalue weighted by atomic mass is 16.5. The van der Waals surface area contributed by atoms with Crippen LogP contribution in [0.4, 0.5) is 11.5 Å². The Bertz CT molecular complexity index is 924. The maximum atomic E-state index is 5.78. The van der Waals surface area contributed by atoms with Crippen molar-refractivity contribution in [2.45, 2.75) is 38.2 Å². The van der Waals surface area contributed by atoms with Crippen LogP contribution in [0.15, 0.2) is 42.9 Å². The lowest BCUT2D eigenvalue weighted by Gasteiger charge is -2.28. The van der Waals surface area contributed by atoms with Crippen molar-refractivity contribution >= 4 is 17.2 Å². The quantitative estimate of drug-likeness (QED) is 0.729. The Morgan fingerprint density at radius 1 is 1.07 bits per heavy atom. The lowest BCUT2D eigenvalue weighted by molar-refractivity contribution is 0.120. The summed E-state index contributed by atoms with van der Waals surface area (Å²) >= 11 is 0. The smallest absolute Gasteiger partial charge is 0.157 e. The summed E-state index contributed by atoms with van der Waals surface area (Å²) in [5, 5.41) is 3.59. The standard InChI is InChI=1S/C22H27N5O/c1-2-11-26(12-3-1)18-8-6-17(7-9-18)21-22(24-15-19-5-4-14-28-19)27-13-10-23-16-20(27)25-21/h6-10,13,16,19,24H,1-5,11-12,14-15H2. The second-order valence-electron chi connectivity index (χ2n) is 7.72. The van der Waals surface area contributed by atoms with Gasteiger partial charge in [-0.3, -0.25) is 9.38 Å². The fraction of sp³-hybridized carbons (Fsp3) is 0.455. The van der Waals surface area contributed by atoms with Gasteiger partial charge in [0.2, 0.25) is 0 Å². The lowest BCUT2D eigenvalue weighted by atomic mass is 10.1. The Morgan fingerprint density at radius 2 is 1.93 bits per heavy atom. The number of piperidine rings is 1. The Morgan fingerprint density at radius 3 is 2.71 bits per heavy atom. The molecule has 1 atom stereocenters. The molecule has 0 aliphatic carbocycles. The van der Waals surface area contributed by atoms with E-state index < -0.39 is 0 Å². The molecule has 5 rings (SSSR count). The number of hydrogen-bond acceptors (Lipinski definition) is 5. The van der Waals surface area contributed by atoms with Crippen LogP contribution in [-0.4, -0.2) is 46.7 Å². The van der Waals surface area contributed by atoms with Gasteiger partial charge in [-0.1, -0.05) is 12.1 Å². The largest absolute Gasteiger partial charge is 0.376 e. The minimum Gasteiger partial charge on any atom is -0.376 e. The van der Waals surface area contributed by atoms with Gasteiger partial charge in [0, 0.05) is 49.9 Å². The minimum atomic E-state index is 0.279. The normalized spacial score (nSPS) is 20.0. The zero-order chi connectivity index (χ0) is 18.8. The first-order valence-corrected chi connectivity index (χ1v) is 10.4. The highest BCUT2D eigenvalue weighted by Gasteiger charge is 2.19. The summed E-state index contributed by atoms with van der Waals surface area (Å²) in [4.78, 5) is 11.6. The van der Waals surface area contributed by atoms with Gasteiger partial charge in [-0.05, 0) is 44.2 Å². The van der Waals surface area contributed by atoms with Crippen molar-refractivity contribution in [1.29, 1.82) is 0 Å². The summed E-state index contributed by atoms with van der Waals surface area (Å²) in [5.41, 5.74) is 4.26. The molecule has 1 aromatic carbocycles. The van der Waals surface area contributed by atoms with Crippen LogP contribution in [0, 0.1) is 0 Å². The van der Waals surface area contributed by atoms with Gasteiger partial charge < -0.3 is 15.0 Å². The van der Waals surface area contributed by atoms with Gasteiger partial charge in [0.15, 0.2) is 5.65 Å². The van der Waals surface area contributed by atoms with Crippen LogP contribution in [-0.2, 0) is 4.74 Å². The van der Waals surface area contributed by atoms with Crippen molar-refractivity contribution in [1.82, 2.24) is 14.4 Å². The molecule has 1 N–H and O–H groups in total. The van der Waals surface area contributed by atoms with E-state index in [4.69, 9.17) is 9.72 Å². The number of imidazole rings is 1. The zero-order valence-electron chi connectivity index (χ0n) is 16.2. The predicted molar refractivity (Wildman–Crippen MR) is 112 cm³/mol. The first kappa shape index (κ1) is 17.5. The Labute approximate surface area is 165 Å². The number of nitrogens with zero attached hydrogens (tertiary/aromatic N) is 4. The number of fused-ring (bicyclic) bond motifs is 1. The molecule has 146 valence electrons. The summed E-state index contributed by atoms with van der Waals surface area (Å²) in [6.45, 7) is 3.99. The molecule has 0 bridgehead atoms. The van der Waals surface area contributed by atoms with E-state index in [1.54, 1.807) is 6.20 Å². The Balaban J connectivity index is 1.44. The molecule has 1 unspecified atom stereocenters. The van der Waals surface area contributed by atoms with E-state index in [0.29, 0.717) is 0 Å². The zero-order valence-corrected chi connectivity index (χ0v) is 16.2. The van der Waals surface area contributed by atoms with E-state index in [1.807, 2.05) is 12.4 Å². The SMILES string of the molecule is c1cn2c(NCC3CCCO3)c(-c3ccc(N4CCCCC4)cc3)nc2cn1. The molecule has 2 aliphatic rings. The molecule has 6 heteroatoms. The number of nitrogens with one attached hydrogen (secondary N) is 1. The van der Waals surface area contributed by atoms with E-state index >= 15 is 0 Å². The lowest BCUT2D eigenvalue weighted by Crippen LogP contribution is -2.29. The highest BCUT2D eigenvalue weighted by Crippen LogP contribution is 2.31. The molecule has 2 saturated heterocycles. The fourth-order valence-electron chi connectivity index (χ4n) is 4.28. The van der Waals surface area contributed by atoms with Crippen LogP contribution in [0.3, 0.4) is 0 Å². The third-order valence-corrected chi connectivity index (χ3v) is 5.81. The van der Waals surface area contributed by atoms with E-state index in [2.05, 4.69) is 43.9 Å². The molecule has 0 amide bonds. The molecule has 3 aromatic rings. The van der Waals surface area contributed by atoms with Crippen molar-refractivity contribution in [3.05, 3.63) is 42.9 Å². The van der Waals surface area contributed by atoms with Crippen molar-refractivity contribution in [3.8, 4) is 11.3 Å². The molecule has 0 spiro atoms. The van der Waals surface area contributed by atoms with Crippen LogP contribution in [0.2, 0.25) is 0 Å². The van der Waals surface area contributed by atoms with Gasteiger partial charge in [0.05, 0.1) is 12.3 Å². The average molecular weight is 377 g/mol. The maximum Gasteiger partial charge on any atom is 0.157 e. The Hall–Kier alpha value is -2.60. The topological polar surface area (TPSA) is 54.7 Å². The molecule has 2 aromatic heterocycles. The van der Waals surface area contributed by atoms with E-state index in [9.17, 15) is 0 Å². The number of rotatable bonds is 5. The van der Waals surface area contributed by atoms with Crippen molar-refractivity contribution in [2.75, 3.05) is 36.5 Å².